The van der Waals surface area contributed by atoms with E-state index in [2.05, 4.69) is 10.2 Å². The zero-order valence-electron chi connectivity index (χ0n) is 10.3. The number of hydrogen-bond donors (Lipinski definition) is 1. The Morgan fingerprint density at radius 3 is 2.41 bits per heavy atom. The summed E-state index contributed by atoms with van der Waals surface area (Å²) in [5, 5.41) is 3.81. The van der Waals surface area contributed by atoms with Gasteiger partial charge in [-0.15, -0.1) is 0 Å². The van der Waals surface area contributed by atoms with Gasteiger partial charge in [0.1, 0.15) is 11.5 Å². The minimum Gasteiger partial charge on any atom is -0.495 e. The van der Waals surface area contributed by atoms with E-state index in [9.17, 15) is 0 Å². The minimum absolute atomic E-state index is 0.543. The smallest absolute Gasteiger partial charge is 0.143 e. The monoisotopic (exact) mass is 256 g/mol. The van der Waals surface area contributed by atoms with Crippen molar-refractivity contribution >= 4 is 17.3 Å². The largest absolute Gasteiger partial charge is 0.495 e. The van der Waals surface area contributed by atoms with E-state index in [-0.39, 0.29) is 0 Å². The highest BCUT2D eigenvalue weighted by Crippen LogP contribution is 2.39. The molecule has 0 amide bonds. The van der Waals surface area contributed by atoms with E-state index in [1.165, 1.54) is 0 Å². The van der Waals surface area contributed by atoms with Crippen molar-refractivity contribution in [2.75, 3.05) is 39.3 Å². The van der Waals surface area contributed by atoms with Crippen LogP contribution in [0, 0.1) is 0 Å². The molecule has 1 aliphatic rings. The van der Waals surface area contributed by atoms with Crippen LogP contribution in [0.15, 0.2) is 12.1 Å². The number of ether oxygens (including phenoxy) is 2. The average molecular weight is 257 g/mol. The number of anilines is 1. The Labute approximate surface area is 106 Å². The lowest BCUT2D eigenvalue weighted by atomic mass is 10.1. The van der Waals surface area contributed by atoms with Gasteiger partial charge in [-0.05, 0) is 7.05 Å². The van der Waals surface area contributed by atoms with Crippen molar-refractivity contribution in [2.24, 2.45) is 0 Å². The Morgan fingerprint density at radius 2 is 1.88 bits per heavy atom. The van der Waals surface area contributed by atoms with Gasteiger partial charge < -0.3 is 19.7 Å². The first-order valence-corrected chi connectivity index (χ1v) is 5.91. The van der Waals surface area contributed by atoms with Gasteiger partial charge in [0, 0.05) is 31.3 Å². The number of likely N-dealkylation sites (N-methyl/N-ethyl adjacent to an activating group) is 1. The van der Waals surface area contributed by atoms with Gasteiger partial charge in [-0.3, -0.25) is 0 Å². The van der Waals surface area contributed by atoms with Crippen molar-refractivity contribution in [1.29, 1.82) is 0 Å². The molecule has 1 saturated heterocycles. The molecule has 2 rings (SSSR count). The normalized spacial score (nSPS) is 15.6. The minimum atomic E-state index is 0.543. The maximum Gasteiger partial charge on any atom is 0.143 e. The quantitative estimate of drug-likeness (QED) is 0.890. The Morgan fingerprint density at radius 1 is 1.24 bits per heavy atom. The van der Waals surface area contributed by atoms with Crippen LogP contribution in [-0.4, -0.2) is 40.4 Å². The molecule has 5 heteroatoms. The predicted octanol–water partition coefficient (Wildman–Crippen LogP) is 1.77. The third-order valence-corrected chi connectivity index (χ3v) is 3.38. The summed E-state index contributed by atoms with van der Waals surface area (Å²) in [6, 6.07) is 4.26. The topological polar surface area (TPSA) is 33.7 Å². The van der Waals surface area contributed by atoms with Crippen LogP contribution in [0.4, 0.5) is 5.69 Å². The predicted molar refractivity (Wildman–Crippen MR) is 69.6 cm³/mol. The summed E-state index contributed by atoms with van der Waals surface area (Å²) in [5.74, 6) is 1.46. The van der Waals surface area contributed by atoms with Crippen LogP contribution in [0.3, 0.4) is 0 Å². The van der Waals surface area contributed by atoms with Gasteiger partial charge in [0.25, 0.3) is 0 Å². The number of nitrogens with zero attached hydrogens (tertiary/aromatic N) is 1. The van der Waals surface area contributed by atoms with Crippen molar-refractivity contribution in [3.05, 3.63) is 17.2 Å². The van der Waals surface area contributed by atoms with Crippen LogP contribution in [-0.2, 0) is 0 Å². The van der Waals surface area contributed by atoms with E-state index in [1.807, 2.05) is 13.1 Å². The van der Waals surface area contributed by atoms with Crippen molar-refractivity contribution in [3.63, 3.8) is 0 Å². The first-order valence-electron chi connectivity index (χ1n) is 5.53. The summed E-state index contributed by atoms with van der Waals surface area (Å²) in [7, 11) is 5.24. The summed E-state index contributed by atoms with van der Waals surface area (Å²) in [4.78, 5) is 2.23. The first kappa shape index (κ1) is 12.3. The second kappa shape index (κ2) is 5.02. The molecule has 0 saturated carbocycles. The molecule has 0 atom stereocenters. The molecular weight excluding hydrogens is 240 g/mol. The van der Waals surface area contributed by atoms with Gasteiger partial charge in [0.15, 0.2) is 0 Å². The van der Waals surface area contributed by atoms with Crippen molar-refractivity contribution in [2.45, 2.75) is 6.04 Å². The molecule has 94 valence electrons. The highest BCUT2D eigenvalue weighted by molar-refractivity contribution is 6.32. The summed E-state index contributed by atoms with van der Waals surface area (Å²) in [6.07, 6.45) is 0. The Balaban J connectivity index is 2.26. The second-order valence-corrected chi connectivity index (χ2v) is 4.46. The van der Waals surface area contributed by atoms with Gasteiger partial charge in [0.05, 0.1) is 24.9 Å². The molecule has 0 bridgehead atoms. The fraction of sp³-hybridized carbons (Fsp3) is 0.500. The molecular formula is C12H17ClN2O2. The second-order valence-electron chi connectivity index (χ2n) is 4.05. The number of hydrogen-bond acceptors (Lipinski definition) is 4. The third-order valence-electron chi connectivity index (χ3n) is 3.08. The molecule has 17 heavy (non-hydrogen) atoms. The van der Waals surface area contributed by atoms with E-state index in [0.29, 0.717) is 16.8 Å². The number of benzene rings is 1. The van der Waals surface area contributed by atoms with Crippen LogP contribution in [0.5, 0.6) is 11.5 Å². The zero-order chi connectivity index (χ0) is 12.4. The summed E-state index contributed by atoms with van der Waals surface area (Å²) in [6.45, 7) is 1.94. The maximum absolute atomic E-state index is 6.07. The van der Waals surface area contributed by atoms with Crippen LogP contribution in [0.25, 0.3) is 0 Å². The Bertz CT molecular complexity index is 406. The van der Waals surface area contributed by atoms with Crippen molar-refractivity contribution in [1.82, 2.24) is 5.32 Å². The Hall–Kier alpha value is -1.13. The average Bonchev–Trinajstić information content (AvgIpc) is 2.29. The number of halogens is 1. The SMILES string of the molecule is CNC1CN(c2cc(OC)c(Cl)cc2OC)C1. The number of rotatable bonds is 4. The van der Waals surface area contributed by atoms with Gasteiger partial charge in [-0.1, -0.05) is 11.6 Å². The third kappa shape index (κ3) is 2.28. The van der Waals surface area contributed by atoms with E-state index in [1.54, 1.807) is 20.3 Å². The van der Waals surface area contributed by atoms with Gasteiger partial charge in [-0.25, -0.2) is 0 Å². The highest BCUT2D eigenvalue weighted by Gasteiger charge is 2.28. The number of methoxy groups -OCH3 is 2. The van der Waals surface area contributed by atoms with Crippen LogP contribution >= 0.6 is 11.6 Å². The molecule has 1 aliphatic heterocycles. The standard InChI is InChI=1S/C12H17ClN2O2/c1-14-8-6-15(7-8)10-5-11(16-2)9(13)4-12(10)17-3/h4-5,8,14H,6-7H2,1-3H3. The molecule has 0 aliphatic carbocycles. The molecule has 0 radical (unpaired) electrons. The lowest BCUT2D eigenvalue weighted by Gasteiger charge is -2.41. The van der Waals surface area contributed by atoms with E-state index >= 15 is 0 Å². The summed E-state index contributed by atoms with van der Waals surface area (Å²) < 4.78 is 10.6. The van der Waals surface area contributed by atoms with Crippen LogP contribution in [0.1, 0.15) is 0 Å². The van der Waals surface area contributed by atoms with Gasteiger partial charge in [0.2, 0.25) is 0 Å². The molecule has 0 spiro atoms. The fourth-order valence-electron chi connectivity index (χ4n) is 1.95. The van der Waals surface area contributed by atoms with Crippen molar-refractivity contribution < 1.29 is 9.47 Å². The Kier molecular flexibility index (Phi) is 3.64. The first-order chi connectivity index (χ1) is 8.19. The molecule has 1 aromatic carbocycles. The van der Waals surface area contributed by atoms with E-state index in [0.717, 1.165) is 24.5 Å². The van der Waals surface area contributed by atoms with Gasteiger partial charge >= 0.3 is 0 Å². The molecule has 1 N–H and O–H groups in total. The maximum atomic E-state index is 6.07. The zero-order valence-corrected chi connectivity index (χ0v) is 11.0. The molecule has 1 fully saturated rings. The number of nitrogens with one attached hydrogen (secondary N) is 1. The fourth-order valence-corrected chi connectivity index (χ4v) is 2.18. The molecule has 1 aromatic rings. The van der Waals surface area contributed by atoms with Crippen molar-refractivity contribution in [3.8, 4) is 11.5 Å². The molecule has 1 heterocycles. The van der Waals surface area contributed by atoms with Crippen LogP contribution < -0.4 is 19.7 Å². The molecule has 0 aromatic heterocycles. The van der Waals surface area contributed by atoms with E-state index in [4.69, 9.17) is 21.1 Å². The van der Waals surface area contributed by atoms with Gasteiger partial charge in [-0.2, -0.15) is 0 Å². The molecule has 4 nitrogen and oxygen atoms in total. The summed E-state index contributed by atoms with van der Waals surface area (Å²) in [5.41, 5.74) is 1.03. The molecule has 0 unspecified atom stereocenters. The van der Waals surface area contributed by atoms with Crippen LogP contribution in [0.2, 0.25) is 5.02 Å². The highest BCUT2D eigenvalue weighted by atomic mass is 35.5. The van der Waals surface area contributed by atoms with E-state index < -0.39 is 0 Å². The summed E-state index contributed by atoms with van der Waals surface area (Å²) >= 11 is 6.07. The lowest BCUT2D eigenvalue weighted by Crippen LogP contribution is -2.57. The lowest BCUT2D eigenvalue weighted by molar-refractivity contribution is 0.393.